The maximum Gasteiger partial charge on any atom is 0.253 e. The Morgan fingerprint density at radius 3 is 2.67 bits per heavy atom. The second kappa shape index (κ2) is 6.97. The summed E-state index contributed by atoms with van der Waals surface area (Å²) in [4.78, 5) is 12.3. The van der Waals surface area contributed by atoms with Crippen LogP contribution in [0.15, 0.2) is 34.7 Å². The summed E-state index contributed by atoms with van der Waals surface area (Å²) in [6.45, 7) is 7.25. The highest BCUT2D eigenvalue weighted by Gasteiger charge is 2.11. The molecule has 0 saturated heterocycles. The van der Waals surface area contributed by atoms with Crippen LogP contribution in [0, 0.1) is 13.8 Å². The minimum atomic E-state index is -0.0948. The van der Waals surface area contributed by atoms with Crippen molar-refractivity contribution in [2.75, 3.05) is 11.9 Å². The summed E-state index contributed by atoms with van der Waals surface area (Å²) in [6, 6.07) is 9.57. The second-order valence-corrected chi connectivity index (χ2v) is 5.17. The van der Waals surface area contributed by atoms with E-state index in [1.807, 2.05) is 44.2 Å². The van der Waals surface area contributed by atoms with E-state index in [2.05, 4.69) is 17.6 Å². The first-order chi connectivity index (χ1) is 10.1. The number of hydrogen-bond acceptors (Lipinski definition) is 3. The van der Waals surface area contributed by atoms with Crippen LogP contribution in [-0.2, 0) is 6.54 Å². The van der Waals surface area contributed by atoms with Gasteiger partial charge in [-0.15, -0.1) is 0 Å². The predicted molar refractivity (Wildman–Crippen MR) is 84.6 cm³/mol. The number of benzene rings is 1. The Morgan fingerprint density at radius 2 is 2.00 bits per heavy atom. The molecule has 2 aromatic rings. The molecule has 2 N–H and O–H groups in total. The molecule has 0 bridgehead atoms. The molecule has 0 aliphatic heterocycles. The highest BCUT2D eigenvalue weighted by Crippen LogP contribution is 2.18. The number of carbonyl (C=O) groups is 1. The normalized spacial score (nSPS) is 10.4. The minimum absolute atomic E-state index is 0.0948. The summed E-state index contributed by atoms with van der Waals surface area (Å²) in [7, 11) is 0. The van der Waals surface area contributed by atoms with Gasteiger partial charge in [0.15, 0.2) is 0 Å². The van der Waals surface area contributed by atoms with Crippen LogP contribution in [0.3, 0.4) is 0 Å². The molecule has 0 fully saturated rings. The smallest absolute Gasteiger partial charge is 0.253 e. The maximum absolute atomic E-state index is 12.3. The van der Waals surface area contributed by atoms with Gasteiger partial charge < -0.3 is 15.1 Å². The summed E-state index contributed by atoms with van der Waals surface area (Å²) in [5.41, 5.74) is 2.68. The van der Waals surface area contributed by atoms with Crippen LogP contribution in [0.1, 0.15) is 40.8 Å². The molecular formula is C17H22N2O2. The van der Waals surface area contributed by atoms with Gasteiger partial charge in [-0.2, -0.15) is 0 Å². The zero-order valence-corrected chi connectivity index (χ0v) is 12.8. The Labute approximate surface area is 125 Å². The zero-order valence-electron chi connectivity index (χ0n) is 12.8. The molecule has 0 unspecified atom stereocenters. The summed E-state index contributed by atoms with van der Waals surface area (Å²) in [5, 5.41) is 6.19. The maximum atomic E-state index is 12.3. The first-order valence-corrected chi connectivity index (χ1v) is 7.28. The summed E-state index contributed by atoms with van der Waals surface area (Å²) in [5.74, 6) is 1.51. The van der Waals surface area contributed by atoms with Crippen LogP contribution < -0.4 is 10.6 Å². The topological polar surface area (TPSA) is 54.3 Å². The SMILES string of the molecule is CCCNc1cc(C)ccc1C(=O)NCc1ccc(C)o1. The average molecular weight is 286 g/mol. The summed E-state index contributed by atoms with van der Waals surface area (Å²) >= 11 is 0. The summed E-state index contributed by atoms with van der Waals surface area (Å²) < 4.78 is 5.45. The van der Waals surface area contributed by atoms with Gasteiger partial charge in [-0.3, -0.25) is 4.79 Å². The number of hydrogen-bond donors (Lipinski definition) is 2. The molecular weight excluding hydrogens is 264 g/mol. The molecule has 1 amide bonds. The van der Waals surface area contributed by atoms with E-state index in [1.54, 1.807) is 0 Å². The Balaban J connectivity index is 2.07. The second-order valence-electron chi connectivity index (χ2n) is 5.17. The fourth-order valence-corrected chi connectivity index (χ4v) is 2.10. The highest BCUT2D eigenvalue weighted by atomic mass is 16.3. The van der Waals surface area contributed by atoms with Crippen molar-refractivity contribution in [2.24, 2.45) is 0 Å². The van der Waals surface area contributed by atoms with Crippen LogP contribution in [-0.4, -0.2) is 12.5 Å². The van der Waals surface area contributed by atoms with E-state index in [4.69, 9.17) is 4.42 Å². The fourth-order valence-electron chi connectivity index (χ4n) is 2.10. The predicted octanol–water partition coefficient (Wildman–Crippen LogP) is 3.65. The third-order valence-electron chi connectivity index (χ3n) is 3.20. The highest BCUT2D eigenvalue weighted by molar-refractivity contribution is 5.99. The monoisotopic (exact) mass is 286 g/mol. The van der Waals surface area contributed by atoms with Crippen LogP contribution >= 0.6 is 0 Å². The quantitative estimate of drug-likeness (QED) is 0.852. The van der Waals surface area contributed by atoms with Crippen molar-refractivity contribution in [1.29, 1.82) is 0 Å². The van der Waals surface area contributed by atoms with E-state index in [1.165, 1.54) is 0 Å². The molecule has 0 spiro atoms. The lowest BCUT2D eigenvalue weighted by atomic mass is 10.1. The van der Waals surface area contributed by atoms with E-state index in [0.717, 1.165) is 35.7 Å². The standard InChI is InChI=1S/C17H22N2O2/c1-4-9-18-16-10-12(2)5-8-15(16)17(20)19-11-14-7-6-13(3)21-14/h5-8,10,18H,4,9,11H2,1-3H3,(H,19,20). The number of aryl methyl sites for hydroxylation is 2. The lowest BCUT2D eigenvalue weighted by Crippen LogP contribution is -2.24. The van der Waals surface area contributed by atoms with E-state index in [-0.39, 0.29) is 5.91 Å². The molecule has 2 rings (SSSR count). The molecule has 0 atom stereocenters. The summed E-state index contributed by atoms with van der Waals surface area (Å²) in [6.07, 6.45) is 1.01. The van der Waals surface area contributed by atoms with Gasteiger partial charge in [0.1, 0.15) is 11.5 Å². The van der Waals surface area contributed by atoms with Gasteiger partial charge in [0.05, 0.1) is 12.1 Å². The molecule has 0 aliphatic carbocycles. The fraction of sp³-hybridized carbons (Fsp3) is 0.353. The van der Waals surface area contributed by atoms with Gasteiger partial charge in [-0.05, 0) is 50.1 Å². The molecule has 21 heavy (non-hydrogen) atoms. The Kier molecular flexibility index (Phi) is 5.04. The van der Waals surface area contributed by atoms with Crippen molar-refractivity contribution < 1.29 is 9.21 Å². The lowest BCUT2D eigenvalue weighted by molar-refractivity contribution is 0.0948. The number of carbonyl (C=O) groups excluding carboxylic acids is 1. The first kappa shape index (κ1) is 15.2. The third-order valence-corrected chi connectivity index (χ3v) is 3.20. The first-order valence-electron chi connectivity index (χ1n) is 7.28. The van der Waals surface area contributed by atoms with Crippen molar-refractivity contribution in [3.63, 3.8) is 0 Å². The van der Waals surface area contributed by atoms with Crippen molar-refractivity contribution in [1.82, 2.24) is 5.32 Å². The van der Waals surface area contributed by atoms with Gasteiger partial charge >= 0.3 is 0 Å². The third kappa shape index (κ3) is 4.12. The van der Waals surface area contributed by atoms with E-state index in [9.17, 15) is 4.79 Å². The van der Waals surface area contributed by atoms with Gasteiger partial charge in [-0.25, -0.2) is 0 Å². The Morgan fingerprint density at radius 1 is 1.19 bits per heavy atom. The van der Waals surface area contributed by atoms with Crippen molar-refractivity contribution >= 4 is 11.6 Å². The van der Waals surface area contributed by atoms with Crippen LogP contribution in [0.25, 0.3) is 0 Å². The number of anilines is 1. The van der Waals surface area contributed by atoms with Crippen molar-refractivity contribution in [3.8, 4) is 0 Å². The zero-order chi connectivity index (χ0) is 15.2. The van der Waals surface area contributed by atoms with Crippen LogP contribution in [0.5, 0.6) is 0 Å². The Hall–Kier alpha value is -2.23. The van der Waals surface area contributed by atoms with Crippen LogP contribution in [0.2, 0.25) is 0 Å². The number of nitrogens with one attached hydrogen (secondary N) is 2. The van der Waals surface area contributed by atoms with Crippen molar-refractivity contribution in [3.05, 3.63) is 53.0 Å². The number of amides is 1. The average Bonchev–Trinajstić information content (AvgIpc) is 2.88. The molecule has 4 heteroatoms. The minimum Gasteiger partial charge on any atom is -0.465 e. The molecule has 0 radical (unpaired) electrons. The molecule has 1 aromatic heterocycles. The number of furan rings is 1. The molecule has 112 valence electrons. The number of rotatable bonds is 6. The van der Waals surface area contributed by atoms with E-state index < -0.39 is 0 Å². The van der Waals surface area contributed by atoms with Gasteiger partial charge in [0.2, 0.25) is 0 Å². The lowest BCUT2D eigenvalue weighted by Gasteiger charge is -2.12. The van der Waals surface area contributed by atoms with Gasteiger partial charge in [0, 0.05) is 12.2 Å². The van der Waals surface area contributed by atoms with Gasteiger partial charge in [0.25, 0.3) is 5.91 Å². The molecule has 0 aliphatic rings. The van der Waals surface area contributed by atoms with Gasteiger partial charge in [-0.1, -0.05) is 13.0 Å². The van der Waals surface area contributed by atoms with E-state index >= 15 is 0 Å². The van der Waals surface area contributed by atoms with Crippen LogP contribution in [0.4, 0.5) is 5.69 Å². The molecule has 4 nitrogen and oxygen atoms in total. The molecule has 1 heterocycles. The Bertz CT molecular complexity index is 617. The molecule has 1 aromatic carbocycles. The van der Waals surface area contributed by atoms with Crippen molar-refractivity contribution in [2.45, 2.75) is 33.7 Å². The van der Waals surface area contributed by atoms with E-state index in [0.29, 0.717) is 12.1 Å². The molecule has 0 saturated carbocycles. The largest absolute Gasteiger partial charge is 0.465 e.